The van der Waals surface area contributed by atoms with Gasteiger partial charge in [-0.2, -0.15) is 0 Å². The minimum atomic E-state index is -4.01. The van der Waals surface area contributed by atoms with E-state index in [4.69, 9.17) is 23.2 Å². The molecule has 2 rings (SSSR count). The first-order chi connectivity index (χ1) is 15.8. The number of nitro benzene ring substituents is 1. The normalized spacial score (nSPS) is 12.0. The number of amides is 2. The van der Waals surface area contributed by atoms with Gasteiger partial charge in [0.2, 0.25) is 21.8 Å². The highest BCUT2D eigenvalue weighted by Crippen LogP contribution is 2.25. The van der Waals surface area contributed by atoms with Gasteiger partial charge < -0.3 is 10.2 Å². The van der Waals surface area contributed by atoms with E-state index >= 15 is 0 Å². The van der Waals surface area contributed by atoms with Crippen LogP contribution in [-0.2, 0) is 26.2 Å². The van der Waals surface area contributed by atoms with Crippen LogP contribution >= 0.6 is 23.2 Å². The molecule has 0 saturated heterocycles. The lowest BCUT2D eigenvalue weighted by Gasteiger charge is -2.31. The summed E-state index contributed by atoms with van der Waals surface area (Å²) in [5, 5.41) is 14.3. The van der Waals surface area contributed by atoms with Crippen LogP contribution in [0, 0.1) is 10.1 Å². The minimum Gasteiger partial charge on any atom is -0.355 e. The summed E-state index contributed by atoms with van der Waals surface area (Å²) in [4.78, 5) is 37.5. The molecule has 1 atom stereocenters. The molecular weight excluding hydrogens is 507 g/mol. The molecular formula is C21H24Cl2N4O6S. The number of carbonyl (C=O) groups is 2. The highest BCUT2D eigenvalue weighted by atomic mass is 35.5. The maximum absolute atomic E-state index is 13.3. The zero-order valence-electron chi connectivity index (χ0n) is 18.7. The second-order valence-corrected chi connectivity index (χ2v) is 10.1. The van der Waals surface area contributed by atoms with E-state index in [1.165, 1.54) is 30.0 Å². The molecule has 0 heterocycles. The standard InChI is InChI=1S/C21H24Cl2N4O6S/c1-4-24-21(29)14(2)25(12-15-8-9-18(22)19(23)10-15)20(28)13-26(34(3,32)33)16-6-5-7-17(11-16)27(30)31/h5-11,14H,4,12-13H2,1-3H3,(H,24,29)/t14-/m1/s1. The smallest absolute Gasteiger partial charge is 0.271 e. The Kier molecular flexibility index (Phi) is 9.25. The molecule has 0 fully saturated rings. The van der Waals surface area contributed by atoms with Crippen molar-refractivity contribution in [2.24, 2.45) is 0 Å². The molecule has 0 aromatic heterocycles. The van der Waals surface area contributed by atoms with Crippen LogP contribution in [0.25, 0.3) is 0 Å². The van der Waals surface area contributed by atoms with E-state index in [0.717, 1.165) is 16.6 Å². The summed E-state index contributed by atoms with van der Waals surface area (Å²) in [5.74, 6) is -1.13. The summed E-state index contributed by atoms with van der Waals surface area (Å²) in [6.45, 7) is 2.84. The van der Waals surface area contributed by atoms with Crippen LogP contribution in [0.2, 0.25) is 10.0 Å². The third-order valence-corrected chi connectivity index (χ3v) is 6.74. The average molecular weight is 531 g/mol. The van der Waals surface area contributed by atoms with Gasteiger partial charge in [0.25, 0.3) is 5.69 Å². The number of sulfonamides is 1. The van der Waals surface area contributed by atoms with Crippen molar-refractivity contribution < 1.29 is 22.9 Å². The van der Waals surface area contributed by atoms with Crippen LogP contribution in [0.5, 0.6) is 0 Å². The van der Waals surface area contributed by atoms with E-state index in [2.05, 4.69) is 5.32 Å². The fourth-order valence-electron chi connectivity index (χ4n) is 3.11. The van der Waals surface area contributed by atoms with Gasteiger partial charge in [0.15, 0.2) is 0 Å². The van der Waals surface area contributed by atoms with Crippen molar-refractivity contribution in [3.05, 3.63) is 68.2 Å². The summed E-state index contributed by atoms with van der Waals surface area (Å²) in [7, 11) is -4.01. The van der Waals surface area contributed by atoms with E-state index in [1.807, 2.05) is 0 Å². The first-order valence-electron chi connectivity index (χ1n) is 10.1. The Labute approximate surface area is 207 Å². The fraction of sp³-hybridized carbons (Fsp3) is 0.333. The number of nitrogens with one attached hydrogen (secondary N) is 1. The van der Waals surface area contributed by atoms with Crippen molar-refractivity contribution >= 4 is 56.4 Å². The van der Waals surface area contributed by atoms with E-state index in [1.54, 1.807) is 25.1 Å². The van der Waals surface area contributed by atoms with Crippen LogP contribution in [0.4, 0.5) is 11.4 Å². The van der Waals surface area contributed by atoms with Crippen molar-refractivity contribution in [2.45, 2.75) is 26.4 Å². The number of hydrogen-bond donors (Lipinski definition) is 1. The van der Waals surface area contributed by atoms with E-state index in [9.17, 15) is 28.1 Å². The SMILES string of the molecule is CCNC(=O)[C@@H](C)N(Cc1ccc(Cl)c(Cl)c1)C(=O)CN(c1cccc([N+](=O)[O-])c1)S(C)(=O)=O. The molecule has 0 bridgehead atoms. The van der Waals surface area contributed by atoms with Crippen molar-refractivity contribution in [3.8, 4) is 0 Å². The maximum Gasteiger partial charge on any atom is 0.271 e. The average Bonchev–Trinajstić information content (AvgIpc) is 2.77. The molecule has 2 amide bonds. The molecule has 10 nitrogen and oxygen atoms in total. The molecule has 0 aliphatic carbocycles. The predicted octanol–water partition coefficient (Wildman–Crippen LogP) is 3.22. The van der Waals surface area contributed by atoms with Gasteiger partial charge in [0, 0.05) is 25.2 Å². The number of non-ortho nitro benzene ring substituents is 1. The molecule has 0 radical (unpaired) electrons. The summed E-state index contributed by atoms with van der Waals surface area (Å²) < 4.78 is 25.7. The number of carbonyl (C=O) groups excluding carboxylic acids is 2. The summed E-state index contributed by atoms with van der Waals surface area (Å²) in [6.07, 6.45) is 0.885. The fourth-order valence-corrected chi connectivity index (χ4v) is 4.28. The summed E-state index contributed by atoms with van der Waals surface area (Å²) >= 11 is 12.0. The summed E-state index contributed by atoms with van der Waals surface area (Å²) in [5.41, 5.74) is 0.187. The lowest BCUT2D eigenvalue weighted by molar-refractivity contribution is -0.384. The molecule has 0 saturated carbocycles. The van der Waals surface area contributed by atoms with Crippen molar-refractivity contribution in [3.63, 3.8) is 0 Å². The lowest BCUT2D eigenvalue weighted by atomic mass is 10.1. The second-order valence-electron chi connectivity index (χ2n) is 7.39. The predicted molar refractivity (Wildman–Crippen MR) is 130 cm³/mol. The largest absolute Gasteiger partial charge is 0.355 e. The highest BCUT2D eigenvalue weighted by Gasteiger charge is 2.30. The Balaban J connectivity index is 2.44. The van der Waals surface area contributed by atoms with Gasteiger partial charge in [0.1, 0.15) is 12.6 Å². The maximum atomic E-state index is 13.3. The second kappa shape index (κ2) is 11.5. The van der Waals surface area contributed by atoms with Gasteiger partial charge in [0.05, 0.1) is 26.9 Å². The third-order valence-electron chi connectivity index (χ3n) is 4.86. The molecule has 2 aromatic carbocycles. The molecule has 0 unspecified atom stereocenters. The van der Waals surface area contributed by atoms with E-state index in [0.29, 0.717) is 17.1 Å². The topological polar surface area (TPSA) is 130 Å². The number of nitrogens with zero attached hydrogens (tertiary/aromatic N) is 3. The Morgan fingerprint density at radius 2 is 1.82 bits per heavy atom. The van der Waals surface area contributed by atoms with Gasteiger partial charge in [-0.1, -0.05) is 35.3 Å². The van der Waals surface area contributed by atoms with E-state index in [-0.39, 0.29) is 22.9 Å². The van der Waals surface area contributed by atoms with Crippen LogP contribution < -0.4 is 9.62 Å². The molecule has 1 N–H and O–H groups in total. The number of nitro groups is 1. The van der Waals surface area contributed by atoms with Gasteiger partial charge in [-0.15, -0.1) is 0 Å². The quantitative estimate of drug-likeness (QED) is 0.370. The van der Waals surface area contributed by atoms with Gasteiger partial charge in [-0.3, -0.25) is 24.0 Å². The zero-order valence-corrected chi connectivity index (χ0v) is 21.0. The van der Waals surface area contributed by atoms with Crippen molar-refractivity contribution in [1.82, 2.24) is 10.2 Å². The molecule has 0 spiro atoms. The third kappa shape index (κ3) is 7.05. The van der Waals surface area contributed by atoms with Gasteiger partial charge in [-0.25, -0.2) is 8.42 Å². The van der Waals surface area contributed by atoms with Crippen molar-refractivity contribution in [2.75, 3.05) is 23.7 Å². The number of rotatable bonds is 10. The molecule has 34 heavy (non-hydrogen) atoms. The van der Waals surface area contributed by atoms with Crippen molar-refractivity contribution in [1.29, 1.82) is 0 Å². The molecule has 184 valence electrons. The highest BCUT2D eigenvalue weighted by molar-refractivity contribution is 7.92. The molecule has 0 aliphatic rings. The molecule has 2 aromatic rings. The zero-order chi connectivity index (χ0) is 25.6. The number of benzene rings is 2. The Morgan fingerprint density at radius 1 is 1.15 bits per heavy atom. The van der Waals surface area contributed by atoms with Crippen LogP contribution in [0.1, 0.15) is 19.4 Å². The van der Waals surface area contributed by atoms with Crippen LogP contribution in [0.3, 0.4) is 0 Å². The van der Waals surface area contributed by atoms with E-state index < -0.39 is 39.3 Å². The number of hydrogen-bond acceptors (Lipinski definition) is 6. The molecule has 0 aliphatic heterocycles. The first kappa shape index (κ1) is 27.4. The van der Waals surface area contributed by atoms with Gasteiger partial charge in [-0.05, 0) is 37.6 Å². The Bertz CT molecular complexity index is 1190. The first-order valence-corrected chi connectivity index (χ1v) is 12.7. The number of anilines is 1. The van der Waals surface area contributed by atoms with Gasteiger partial charge >= 0.3 is 0 Å². The molecule has 13 heteroatoms. The summed E-state index contributed by atoms with van der Waals surface area (Å²) in [6, 6.07) is 8.71. The monoisotopic (exact) mass is 530 g/mol. The number of halogens is 2. The van der Waals surface area contributed by atoms with Crippen LogP contribution in [-0.4, -0.2) is 55.4 Å². The minimum absolute atomic E-state index is 0.0507. The lowest BCUT2D eigenvalue weighted by Crippen LogP contribution is -2.51. The number of likely N-dealkylation sites (N-methyl/N-ethyl adjacent to an activating group) is 1. The Hall–Kier alpha value is -2.89. The Morgan fingerprint density at radius 3 is 2.38 bits per heavy atom. The van der Waals surface area contributed by atoms with Crippen LogP contribution in [0.15, 0.2) is 42.5 Å².